The van der Waals surface area contributed by atoms with Gasteiger partial charge in [0.2, 0.25) is 0 Å². The van der Waals surface area contributed by atoms with Crippen LogP contribution in [0, 0.1) is 0 Å². The molecule has 1 aromatic rings. The monoisotopic (exact) mass is 262 g/mol. The summed E-state index contributed by atoms with van der Waals surface area (Å²) in [6, 6.07) is 9.88. The summed E-state index contributed by atoms with van der Waals surface area (Å²) in [7, 11) is 0. The zero-order valence-electron chi connectivity index (χ0n) is 9.46. The molecule has 0 atom stereocenters. The van der Waals surface area contributed by atoms with E-state index in [1.165, 1.54) is 6.42 Å². The summed E-state index contributed by atoms with van der Waals surface area (Å²) in [5.41, 5.74) is 1.06. The Bertz CT molecular complexity index is 427. The zero-order chi connectivity index (χ0) is 11.9. The van der Waals surface area contributed by atoms with Gasteiger partial charge < -0.3 is 0 Å². The van der Waals surface area contributed by atoms with E-state index in [1.54, 1.807) is 35.7 Å². The van der Waals surface area contributed by atoms with Gasteiger partial charge in [-0.15, -0.1) is 23.5 Å². The van der Waals surface area contributed by atoms with Crippen LogP contribution in [0.5, 0.6) is 0 Å². The molecule has 1 aromatic carbocycles. The van der Waals surface area contributed by atoms with Crippen molar-refractivity contribution in [2.24, 2.45) is 0 Å². The maximum Gasteiger partial charge on any atom is 0.180 e. The summed E-state index contributed by atoms with van der Waals surface area (Å²) < 4.78 is 1.15. The molecule has 0 radical (unpaired) electrons. The van der Waals surface area contributed by atoms with Crippen LogP contribution in [-0.2, 0) is 4.79 Å². The molecule has 0 amide bonds. The quantitative estimate of drug-likeness (QED) is 0.767. The summed E-state index contributed by atoms with van der Waals surface area (Å²) in [6.45, 7) is 0. The van der Waals surface area contributed by atoms with E-state index in [0.29, 0.717) is 0 Å². The zero-order valence-corrected chi connectivity index (χ0v) is 11.1. The van der Waals surface area contributed by atoms with Crippen molar-refractivity contribution >= 4 is 35.4 Å². The lowest BCUT2D eigenvalue weighted by atomic mass is 10.2. The molecule has 0 unspecified atom stereocenters. The van der Waals surface area contributed by atoms with Crippen LogP contribution in [0.25, 0.3) is 6.08 Å². The second-order valence-electron chi connectivity index (χ2n) is 3.66. The molecule has 1 nitrogen and oxygen atoms in total. The molecule has 88 valence electrons. The topological polar surface area (TPSA) is 17.1 Å². The van der Waals surface area contributed by atoms with E-state index in [1.807, 2.05) is 36.4 Å². The average molecular weight is 262 g/mol. The van der Waals surface area contributed by atoms with Gasteiger partial charge in [-0.2, -0.15) is 0 Å². The molecule has 1 aliphatic heterocycles. The van der Waals surface area contributed by atoms with Crippen LogP contribution in [0.4, 0.5) is 0 Å². The van der Waals surface area contributed by atoms with E-state index >= 15 is 0 Å². The number of allylic oxidation sites excluding steroid dienone is 2. The number of benzene rings is 1. The van der Waals surface area contributed by atoms with Crippen LogP contribution in [0.2, 0.25) is 0 Å². The Morgan fingerprint density at radius 2 is 1.82 bits per heavy atom. The molecule has 1 saturated heterocycles. The fourth-order valence-corrected chi connectivity index (χ4v) is 3.83. The van der Waals surface area contributed by atoms with Crippen LogP contribution in [0.15, 0.2) is 46.7 Å². The van der Waals surface area contributed by atoms with Gasteiger partial charge in [0.15, 0.2) is 5.78 Å². The lowest BCUT2D eigenvalue weighted by Crippen LogP contribution is -1.94. The number of carbonyl (C=O) groups excluding carboxylic acids is 1. The summed E-state index contributed by atoms with van der Waals surface area (Å²) in [4.78, 5) is 11.7. The Kier molecular flexibility index (Phi) is 4.95. The molecule has 1 fully saturated rings. The SMILES string of the molecule is O=C(C=Cc1ccccc1)C=C1SCCCS1. The highest BCUT2D eigenvalue weighted by atomic mass is 32.2. The second kappa shape index (κ2) is 6.72. The van der Waals surface area contributed by atoms with Gasteiger partial charge in [0.25, 0.3) is 0 Å². The van der Waals surface area contributed by atoms with Gasteiger partial charge in [0.1, 0.15) is 0 Å². The first-order valence-electron chi connectivity index (χ1n) is 5.59. The van der Waals surface area contributed by atoms with Gasteiger partial charge in [-0.25, -0.2) is 0 Å². The largest absolute Gasteiger partial charge is 0.290 e. The summed E-state index contributed by atoms with van der Waals surface area (Å²) in [6.07, 6.45) is 6.48. The van der Waals surface area contributed by atoms with Gasteiger partial charge in [-0.1, -0.05) is 36.4 Å². The van der Waals surface area contributed by atoms with Gasteiger partial charge in [-0.05, 0) is 29.6 Å². The highest BCUT2D eigenvalue weighted by molar-refractivity contribution is 8.22. The van der Waals surface area contributed by atoms with E-state index in [4.69, 9.17) is 0 Å². The molecule has 0 spiro atoms. The van der Waals surface area contributed by atoms with Crippen LogP contribution in [0.1, 0.15) is 12.0 Å². The maximum absolute atomic E-state index is 11.7. The van der Waals surface area contributed by atoms with Crippen molar-refractivity contribution in [3.8, 4) is 0 Å². The minimum Gasteiger partial charge on any atom is -0.290 e. The predicted octanol–water partition coefficient (Wildman–Crippen LogP) is 3.98. The van der Waals surface area contributed by atoms with E-state index in [-0.39, 0.29) is 5.78 Å². The van der Waals surface area contributed by atoms with E-state index in [0.717, 1.165) is 21.3 Å². The van der Waals surface area contributed by atoms with Crippen molar-refractivity contribution in [3.05, 3.63) is 52.3 Å². The molecule has 0 aromatic heterocycles. The third kappa shape index (κ3) is 4.44. The number of thioether (sulfide) groups is 2. The van der Waals surface area contributed by atoms with E-state index in [2.05, 4.69) is 0 Å². The third-order valence-electron chi connectivity index (χ3n) is 2.28. The molecule has 0 N–H and O–H groups in total. The highest BCUT2D eigenvalue weighted by Gasteiger charge is 2.07. The first kappa shape index (κ1) is 12.5. The van der Waals surface area contributed by atoms with E-state index in [9.17, 15) is 4.79 Å². The number of rotatable bonds is 3. The predicted molar refractivity (Wildman–Crippen MR) is 78.1 cm³/mol. The number of hydrogen-bond donors (Lipinski definition) is 0. The number of ketones is 1. The Hall–Kier alpha value is -0.930. The second-order valence-corrected chi connectivity index (χ2v) is 6.19. The molecule has 0 bridgehead atoms. The molecule has 3 heteroatoms. The third-order valence-corrected chi connectivity index (χ3v) is 4.77. The Balaban J connectivity index is 1.95. The van der Waals surface area contributed by atoms with Crippen LogP contribution in [-0.4, -0.2) is 17.3 Å². The molecule has 0 saturated carbocycles. The molecule has 17 heavy (non-hydrogen) atoms. The Labute approximate surface area is 110 Å². The van der Waals surface area contributed by atoms with Crippen molar-refractivity contribution in [1.29, 1.82) is 0 Å². The van der Waals surface area contributed by atoms with Crippen molar-refractivity contribution in [3.63, 3.8) is 0 Å². The average Bonchev–Trinajstić information content (AvgIpc) is 2.39. The van der Waals surface area contributed by atoms with Crippen LogP contribution >= 0.6 is 23.5 Å². The molecule has 1 aliphatic rings. The number of carbonyl (C=O) groups is 1. The first-order chi connectivity index (χ1) is 8.34. The Morgan fingerprint density at radius 3 is 2.53 bits per heavy atom. The standard InChI is InChI=1S/C14H14OS2/c15-13(11-14-16-9-4-10-17-14)8-7-12-5-2-1-3-6-12/h1-3,5-8,11H,4,9-10H2. The van der Waals surface area contributed by atoms with Gasteiger partial charge in [0.05, 0.1) is 0 Å². The van der Waals surface area contributed by atoms with Crippen molar-refractivity contribution in [2.75, 3.05) is 11.5 Å². The lowest BCUT2D eigenvalue weighted by Gasteiger charge is -2.11. The molecular formula is C14H14OS2. The van der Waals surface area contributed by atoms with Gasteiger partial charge >= 0.3 is 0 Å². The van der Waals surface area contributed by atoms with Crippen molar-refractivity contribution in [1.82, 2.24) is 0 Å². The van der Waals surface area contributed by atoms with Crippen molar-refractivity contribution in [2.45, 2.75) is 6.42 Å². The van der Waals surface area contributed by atoms with Gasteiger partial charge in [0, 0.05) is 10.3 Å². The summed E-state index contributed by atoms with van der Waals surface area (Å²) in [5.74, 6) is 2.34. The summed E-state index contributed by atoms with van der Waals surface area (Å²) in [5, 5.41) is 0. The Morgan fingerprint density at radius 1 is 1.12 bits per heavy atom. The molecule has 2 rings (SSSR count). The normalized spacial score (nSPS) is 16.1. The summed E-state index contributed by atoms with van der Waals surface area (Å²) >= 11 is 3.57. The van der Waals surface area contributed by atoms with Crippen molar-refractivity contribution < 1.29 is 4.79 Å². The fraction of sp³-hybridized carbons (Fsp3) is 0.214. The highest BCUT2D eigenvalue weighted by Crippen LogP contribution is 2.34. The molecular weight excluding hydrogens is 248 g/mol. The van der Waals surface area contributed by atoms with Crippen LogP contribution < -0.4 is 0 Å². The maximum atomic E-state index is 11.7. The lowest BCUT2D eigenvalue weighted by molar-refractivity contribution is -0.110. The number of hydrogen-bond acceptors (Lipinski definition) is 3. The first-order valence-corrected chi connectivity index (χ1v) is 7.56. The van der Waals surface area contributed by atoms with Gasteiger partial charge in [-0.3, -0.25) is 4.79 Å². The fourth-order valence-electron chi connectivity index (χ4n) is 1.44. The van der Waals surface area contributed by atoms with E-state index < -0.39 is 0 Å². The van der Waals surface area contributed by atoms with Crippen LogP contribution in [0.3, 0.4) is 0 Å². The molecule has 1 heterocycles. The molecule has 0 aliphatic carbocycles. The minimum atomic E-state index is 0.0748. The smallest absolute Gasteiger partial charge is 0.180 e. The minimum absolute atomic E-state index is 0.0748.